The van der Waals surface area contributed by atoms with E-state index >= 15 is 0 Å². The number of urea groups is 1. The molecule has 0 bridgehead atoms. The van der Waals surface area contributed by atoms with Crippen molar-refractivity contribution in [3.8, 4) is 11.4 Å². The number of ether oxygens (including phenoxy) is 1. The maximum atomic E-state index is 13.0. The first-order valence-electron chi connectivity index (χ1n) is 10.6. The molecule has 0 spiro atoms. The Kier molecular flexibility index (Phi) is 6.06. The molecule has 8 nitrogen and oxygen atoms in total. The van der Waals surface area contributed by atoms with Crippen LogP contribution < -0.4 is 15.7 Å². The summed E-state index contributed by atoms with van der Waals surface area (Å²) >= 11 is 0. The molecule has 1 saturated heterocycles. The van der Waals surface area contributed by atoms with Crippen LogP contribution in [0.3, 0.4) is 0 Å². The van der Waals surface area contributed by atoms with Crippen LogP contribution in [0.5, 0.6) is 5.75 Å². The number of benzene rings is 2. The lowest BCUT2D eigenvalue weighted by Crippen LogP contribution is -2.42. The predicted molar refractivity (Wildman–Crippen MR) is 119 cm³/mol. The SMILES string of the molecule is CCOc1ccccc1NC(=O)N1CCCC(c2nn(C)c(=O)n2-c2ccccc2)C1. The van der Waals surface area contributed by atoms with E-state index in [0.717, 1.165) is 18.5 Å². The van der Waals surface area contributed by atoms with Crippen molar-refractivity contribution in [2.45, 2.75) is 25.7 Å². The molecule has 0 aliphatic carbocycles. The van der Waals surface area contributed by atoms with Crippen molar-refractivity contribution in [3.63, 3.8) is 0 Å². The van der Waals surface area contributed by atoms with Crippen molar-refractivity contribution in [1.82, 2.24) is 19.2 Å². The standard InChI is InChI=1S/C23H27N5O3/c1-3-31-20-14-8-7-13-19(20)24-22(29)27-15-9-10-17(16-27)21-25-26(2)23(30)28(21)18-11-5-4-6-12-18/h4-8,11-14,17H,3,9-10,15-16H2,1-2H3,(H,24,29). The summed E-state index contributed by atoms with van der Waals surface area (Å²) in [6.07, 6.45) is 1.70. The van der Waals surface area contributed by atoms with E-state index in [9.17, 15) is 9.59 Å². The van der Waals surface area contributed by atoms with Gasteiger partial charge < -0.3 is 15.0 Å². The number of amides is 2. The molecule has 1 N–H and O–H groups in total. The minimum Gasteiger partial charge on any atom is -0.492 e. The zero-order chi connectivity index (χ0) is 21.8. The maximum absolute atomic E-state index is 13.0. The van der Waals surface area contributed by atoms with Crippen LogP contribution in [0.1, 0.15) is 31.5 Å². The summed E-state index contributed by atoms with van der Waals surface area (Å²) in [6.45, 7) is 3.58. The second-order valence-electron chi connectivity index (χ2n) is 7.58. The third-order valence-electron chi connectivity index (χ3n) is 5.47. The van der Waals surface area contributed by atoms with E-state index in [2.05, 4.69) is 10.4 Å². The molecular weight excluding hydrogens is 394 g/mol. The first-order valence-corrected chi connectivity index (χ1v) is 10.6. The Labute approximate surface area is 181 Å². The Balaban J connectivity index is 1.56. The average Bonchev–Trinajstić information content (AvgIpc) is 3.10. The number of anilines is 1. The number of aromatic nitrogens is 3. The van der Waals surface area contributed by atoms with E-state index in [-0.39, 0.29) is 17.6 Å². The Morgan fingerprint density at radius 3 is 2.68 bits per heavy atom. The third-order valence-corrected chi connectivity index (χ3v) is 5.47. The van der Waals surface area contributed by atoms with Gasteiger partial charge in [0.1, 0.15) is 11.6 Å². The Hall–Kier alpha value is -3.55. The van der Waals surface area contributed by atoms with Gasteiger partial charge in [0.25, 0.3) is 0 Å². The quantitative estimate of drug-likeness (QED) is 0.685. The van der Waals surface area contributed by atoms with Crippen LogP contribution in [0.15, 0.2) is 59.4 Å². The van der Waals surface area contributed by atoms with Crippen molar-refractivity contribution in [1.29, 1.82) is 0 Å². The molecule has 1 aliphatic rings. The Morgan fingerprint density at radius 1 is 1.16 bits per heavy atom. The van der Waals surface area contributed by atoms with Crippen molar-refractivity contribution in [3.05, 3.63) is 70.9 Å². The molecule has 1 aromatic heterocycles. The van der Waals surface area contributed by atoms with Crippen molar-refractivity contribution in [2.24, 2.45) is 7.05 Å². The van der Waals surface area contributed by atoms with Crippen LogP contribution in [-0.4, -0.2) is 45.0 Å². The van der Waals surface area contributed by atoms with Gasteiger partial charge in [-0.3, -0.25) is 0 Å². The van der Waals surface area contributed by atoms with Gasteiger partial charge in [0.15, 0.2) is 0 Å². The van der Waals surface area contributed by atoms with Gasteiger partial charge in [0, 0.05) is 26.1 Å². The second-order valence-corrected chi connectivity index (χ2v) is 7.58. The molecule has 2 aromatic carbocycles. The summed E-state index contributed by atoms with van der Waals surface area (Å²) in [7, 11) is 1.66. The number of aryl methyl sites for hydroxylation is 1. The monoisotopic (exact) mass is 421 g/mol. The highest BCUT2D eigenvalue weighted by Crippen LogP contribution is 2.28. The summed E-state index contributed by atoms with van der Waals surface area (Å²) in [6, 6.07) is 16.7. The predicted octanol–water partition coefficient (Wildman–Crippen LogP) is 3.38. The van der Waals surface area contributed by atoms with E-state index < -0.39 is 0 Å². The minimum absolute atomic E-state index is 0.0317. The lowest BCUT2D eigenvalue weighted by molar-refractivity contribution is 0.191. The van der Waals surface area contributed by atoms with Crippen LogP contribution in [0, 0.1) is 0 Å². The Bertz CT molecular complexity index is 1110. The smallest absolute Gasteiger partial charge is 0.350 e. The number of nitrogens with zero attached hydrogens (tertiary/aromatic N) is 4. The summed E-state index contributed by atoms with van der Waals surface area (Å²) < 4.78 is 8.62. The van der Waals surface area contributed by atoms with E-state index in [0.29, 0.717) is 37.0 Å². The highest BCUT2D eigenvalue weighted by molar-refractivity contribution is 5.91. The van der Waals surface area contributed by atoms with Crippen LogP contribution >= 0.6 is 0 Å². The maximum Gasteiger partial charge on any atom is 0.350 e. The minimum atomic E-state index is -0.187. The van der Waals surface area contributed by atoms with E-state index in [1.165, 1.54) is 4.68 Å². The highest BCUT2D eigenvalue weighted by atomic mass is 16.5. The second kappa shape index (κ2) is 9.07. The van der Waals surface area contributed by atoms with Gasteiger partial charge in [-0.15, -0.1) is 0 Å². The molecule has 31 heavy (non-hydrogen) atoms. The van der Waals surface area contributed by atoms with E-state index in [1.54, 1.807) is 16.5 Å². The molecular formula is C23H27N5O3. The van der Waals surface area contributed by atoms with Gasteiger partial charge in [-0.1, -0.05) is 30.3 Å². The number of carbonyl (C=O) groups excluding carboxylic acids is 1. The summed E-state index contributed by atoms with van der Waals surface area (Å²) in [5.41, 5.74) is 1.24. The molecule has 1 unspecified atom stereocenters. The molecule has 4 rings (SSSR count). The molecule has 3 aromatic rings. The third kappa shape index (κ3) is 4.33. The topological polar surface area (TPSA) is 81.4 Å². The number of likely N-dealkylation sites (tertiary alicyclic amines) is 1. The van der Waals surface area contributed by atoms with Gasteiger partial charge in [0.05, 0.1) is 18.0 Å². The lowest BCUT2D eigenvalue weighted by atomic mass is 9.97. The molecule has 2 amide bonds. The average molecular weight is 422 g/mol. The molecule has 1 aliphatic heterocycles. The van der Waals surface area contributed by atoms with Gasteiger partial charge in [-0.25, -0.2) is 18.8 Å². The zero-order valence-electron chi connectivity index (χ0n) is 17.8. The lowest BCUT2D eigenvalue weighted by Gasteiger charge is -2.32. The fraction of sp³-hybridized carbons (Fsp3) is 0.348. The summed E-state index contributed by atoms with van der Waals surface area (Å²) in [4.78, 5) is 27.5. The fourth-order valence-corrected chi connectivity index (χ4v) is 3.99. The van der Waals surface area contributed by atoms with Gasteiger partial charge in [0.2, 0.25) is 0 Å². The van der Waals surface area contributed by atoms with Crippen molar-refractivity contribution in [2.75, 3.05) is 25.0 Å². The first kappa shape index (κ1) is 20.7. The number of carbonyl (C=O) groups is 1. The molecule has 2 heterocycles. The number of nitrogens with one attached hydrogen (secondary N) is 1. The fourth-order valence-electron chi connectivity index (χ4n) is 3.99. The molecule has 8 heteroatoms. The Morgan fingerprint density at radius 2 is 1.90 bits per heavy atom. The van der Waals surface area contributed by atoms with Crippen LogP contribution in [-0.2, 0) is 7.05 Å². The summed E-state index contributed by atoms with van der Waals surface area (Å²) in [5.74, 6) is 1.30. The number of piperidine rings is 1. The number of hydrogen-bond donors (Lipinski definition) is 1. The molecule has 1 fully saturated rings. The normalized spacial score (nSPS) is 16.2. The number of hydrogen-bond acceptors (Lipinski definition) is 4. The van der Waals surface area contributed by atoms with Crippen LogP contribution in [0.25, 0.3) is 5.69 Å². The highest BCUT2D eigenvalue weighted by Gasteiger charge is 2.30. The molecule has 1 atom stereocenters. The van der Waals surface area contributed by atoms with Crippen molar-refractivity contribution >= 4 is 11.7 Å². The van der Waals surface area contributed by atoms with Gasteiger partial charge in [-0.05, 0) is 44.0 Å². The van der Waals surface area contributed by atoms with E-state index in [4.69, 9.17) is 4.74 Å². The first-order chi connectivity index (χ1) is 15.1. The zero-order valence-corrected chi connectivity index (χ0v) is 17.8. The molecule has 162 valence electrons. The molecule has 0 saturated carbocycles. The molecule has 0 radical (unpaired) electrons. The largest absolute Gasteiger partial charge is 0.492 e. The van der Waals surface area contributed by atoms with E-state index in [1.807, 2.05) is 61.5 Å². The van der Waals surface area contributed by atoms with Gasteiger partial charge >= 0.3 is 11.7 Å². The van der Waals surface area contributed by atoms with Crippen molar-refractivity contribution < 1.29 is 9.53 Å². The van der Waals surface area contributed by atoms with Crippen LogP contribution in [0.4, 0.5) is 10.5 Å². The van der Waals surface area contributed by atoms with Crippen LogP contribution in [0.2, 0.25) is 0 Å². The number of para-hydroxylation sites is 3. The summed E-state index contributed by atoms with van der Waals surface area (Å²) in [5, 5.41) is 7.48. The van der Waals surface area contributed by atoms with Gasteiger partial charge in [-0.2, -0.15) is 5.10 Å². The number of rotatable bonds is 5.